The highest BCUT2D eigenvalue weighted by Crippen LogP contribution is 2.33. The van der Waals surface area contributed by atoms with Gasteiger partial charge in [0.25, 0.3) is 0 Å². The minimum Gasteiger partial charge on any atom is -0.492 e. The largest absolute Gasteiger partial charge is 0.492 e. The standard InChI is InChI=1S/C17H24N2O/c1-5-8-15-16(14-10-7-6-9-13(14)4)19(11-12(2)3)18-17(15)20/h6-7,9-10,12H,5,8,11H2,1-4H3,(H,18,20). The fourth-order valence-electron chi connectivity index (χ4n) is 2.58. The Bertz CT molecular complexity index is 585. The lowest BCUT2D eigenvalue weighted by Crippen LogP contribution is -2.08. The fraction of sp³-hybridized carbons (Fsp3) is 0.471. The van der Waals surface area contributed by atoms with Gasteiger partial charge >= 0.3 is 0 Å². The number of aromatic nitrogens is 2. The monoisotopic (exact) mass is 272 g/mol. The van der Waals surface area contributed by atoms with Crippen molar-refractivity contribution in [1.29, 1.82) is 0 Å². The molecule has 108 valence electrons. The zero-order valence-corrected chi connectivity index (χ0v) is 12.8. The first-order chi connectivity index (χ1) is 9.54. The average Bonchev–Trinajstić information content (AvgIpc) is 2.66. The molecule has 1 heterocycles. The number of nitrogens with zero attached hydrogens (tertiary/aromatic N) is 2. The van der Waals surface area contributed by atoms with Gasteiger partial charge in [0.15, 0.2) is 0 Å². The number of aryl methyl sites for hydroxylation is 1. The average molecular weight is 272 g/mol. The highest BCUT2D eigenvalue weighted by molar-refractivity contribution is 5.69. The van der Waals surface area contributed by atoms with Gasteiger partial charge in [-0.2, -0.15) is 0 Å². The van der Waals surface area contributed by atoms with Crippen LogP contribution in [0.3, 0.4) is 0 Å². The van der Waals surface area contributed by atoms with Gasteiger partial charge < -0.3 is 5.11 Å². The smallest absolute Gasteiger partial charge is 0.234 e. The summed E-state index contributed by atoms with van der Waals surface area (Å²) >= 11 is 0. The molecule has 0 fully saturated rings. The molecule has 20 heavy (non-hydrogen) atoms. The Morgan fingerprint density at radius 2 is 1.95 bits per heavy atom. The topological polar surface area (TPSA) is 38.1 Å². The third kappa shape index (κ3) is 2.87. The summed E-state index contributed by atoms with van der Waals surface area (Å²) in [6, 6.07) is 8.31. The second-order valence-electron chi connectivity index (χ2n) is 5.79. The molecular formula is C17H24N2O. The van der Waals surface area contributed by atoms with Gasteiger partial charge in [0.2, 0.25) is 5.88 Å². The lowest BCUT2D eigenvalue weighted by Gasteiger charge is -2.13. The molecule has 0 spiro atoms. The zero-order chi connectivity index (χ0) is 14.7. The van der Waals surface area contributed by atoms with Crippen LogP contribution in [-0.4, -0.2) is 14.9 Å². The Hall–Kier alpha value is -1.77. The van der Waals surface area contributed by atoms with E-state index in [1.54, 1.807) is 0 Å². The Balaban J connectivity index is 2.61. The van der Waals surface area contributed by atoms with Crippen molar-refractivity contribution in [3.05, 3.63) is 35.4 Å². The summed E-state index contributed by atoms with van der Waals surface area (Å²) in [7, 11) is 0. The summed E-state index contributed by atoms with van der Waals surface area (Å²) in [4.78, 5) is 0. The van der Waals surface area contributed by atoms with Gasteiger partial charge in [0.05, 0.1) is 5.69 Å². The lowest BCUT2D eigenvalue weighted by molar-refractivity contribution is 0.418. The molecule has 0 aliphatic heterocycles. The van der Waals surface area contributed by atoms with Crippen molar-refractivity contribution >= 4 is 0 Å². The van der Waals surface area contributed by atoms with Gasteiger partial charge in [-0.05, 0) is 24.8 Å². The van der Waals surface area contributed by atoms with E-state index in [2.05, 4.69) is 44.9 Å². The van der Waals surface area contributed by atoms with Crippen LogP contribution in [0.15, 0.2) is 24.3 Å². The molecule has 3 nitrogen and oxygen atoms in total. The molecule has 0 amide bonds. The van der Waals surface area contributed by atoms with E-state index in [0.717, 1.165) is 30.6 Å². The molecule has 2 aromatic rings. The maximum absolute atomic E-state index is 10.2. The van der Waals surface area contributed by atoms with Gasteiger partial charge in [0, 0.05) is 17.7 Å². The van der Waals surface area contributed by atoms with E-state index < -0.39 is 0 Å². The summed E-state index contributed by atoms with van der Waals surface area (Å²) in [5.41, 5.74) is 4.44. The van der Waals surface area contributed by atoms with Crippen LogP contribution in [-0.2, 0) is 13.0 Å². The van der Waals surface area contributed by atoms with Crippen molar-refractivity contribution in [2.24, 2.45) is 5.92 Å². The van der Waals surface area contributed by atoms with Crippen molar-refractivity contribution in [3.63, 3.8) is 0 Å². The predicted octanol–water partition coefficient (Wildman–Crippen LogP) is 4.17. The first-order valence-electron chi connectivity index (χ1n) is 7.39. The van der Waals surface area contributed by atoms with E-state index in [-0.39, 0.29) is 5.88 Å². The lowest BCUT2D eigenvalue weighted by atomic mass is 10.00. The molecule has 0 aliphatic rings. The molecule has 0 saturated heterocycles. The minimum absolute atomic E-state index is 0.186. The van der Waals surface area contributed by atoms with E-state index in [1.165, 1.54) is 11.1 Å². The highest BCUT2D eigenvalue weighted by Gasteiger charge is 2.19. The molecule has 1 aromatic heterocycles. The molecule has 0 saturated carbocycles. The number of hydrogen-bond acceptors (Lipinski definition) is 2. The fourth-order valence-corrected chi connectivity index (χ4v) is 2.58. The van der Waals surface area contributed by atoms with Crippen LogP contribution in [0.5, 0.6) is 5.88 Å². The molecule has 0 bridgehead atoms. The normalized spacial score (nSPS) is 11.2. The first-order valence-corrected chi connectivity index (χ1v) is 7.39. The molecular weight excluding hydrogens is 248 g/mol. The van der Waals surface area contributed by atoms with Crippen molar-refractivity contribution < 1.29 is 5.11 Å². The summed E-state index contributed by atoms with van der Waals surface area (Å²) in [6.45, 7) is 9.39. The number of rotatable bonds is 5. The van der Waals surface area contributed by atoms with E-state index in [4.69, 9.17) is 0 Å². The Kier molecular flexibility index (Phi) is 4.48. The molecule has 0 aliphatic carbocycles. The van der Waals surface area contributed by atoms with Crippen LogP contribution >= 0.6 is 0 Å². The maximum Gasteiger partial charge on any atom is 0.234 e. The van der Waals surface area contributed by atoms with Crippen molar-refractivity contribution in [2.75, 3.05) is 0 Å². The van der Waals surface area contributed by atoms with E-state index in [0.29, 0.717) is 5.92 Å². The molecule has 0 atom stereocenters. The van der Waals surface area contributed by atoms with Gasteiger partial charge in [0.1, 0.15) is 0 Å². The molecule has 2 rings (SSSR count). The van der Waals surface area contributed by atoms with Gasteiger partial charge in [-0.1, -0.05) is 51.5 Å². The summed E-state index contributed by atoms with van der Waals surface area (Å²) in [5, 5.41) is 14.5. The summed E-state index contributed by atoms with van der Waals surface area (Å²) < 4.78 is 1.97. The maximum atomic E-state index is 10.2. The van der Waals surface area contributed by atoms with Crippen LogP contribution < -0.4 is 0 Å². The molecule has 0 radical (unpaired) electrons. The van der Waals surface area contributed by atoms with Crippen LogP contribution in [0.4, 0.5) is 0 Å². The van der Waals surface area contributed by atoms with Gasteiger partial charge in [-0.25, -0.2) is 0 Å². The van der Waals surface area contributed by atoms with Crippen LogP contribution in [0.1, 0.15) is 38.3 Å². The SMILES string of the molecule is CCCc1c(O)nn(CC(C)C)c1-c1ccccc1C. The van der Waals surface area contributed by atoms with Crippen molar-refractivity contribution in [1.82, 2.24) is 9.78 Å². The zero-order valence-electron chi connectivity index (χ0n) is 12.8. The van der Waals surface area contributed by atoms with Gasteiger partial charge in [-0.3, -0.25) is 4.68 Å². The number of hydrogen-bond donors (Lipinski definition) is 1. The minimum atomic E-state index is 0.186. The second-order valence-corrected chi connectivity index (χ2v) is 5.79. The number of aromatic hydroxyl groups is 1. The Morgan fingerprint density at radius 3 is 2.55 bits per heavy atom. The third-order valence-electron chi connectivity index (χ3n) is 3.47. The summed E-state index contributed by atoms with van der Waals surface area (Å²) in [6.07, 6.45) is 1.85. The molecule has 0 unspecified atom stereocenters. The Morgan fingerprint density at radius 1 is 1.25 bits per heavy atom. The van der Waals surface area contributed by atoms with E-state index in [1.807, 2.05) is 16.8 Å². The van der Waals surface area contributed by atoms with E-state index in [9.17, 15) is 5.11 Å². The molecule has 1 N–H and O–H groups in total. The predicted molar refractivity (Wildman–Crippen MR) is 82.9 cm³/mol. The molecule has 1 aromatic carbocycles. The molecule has 3 heteroatoms. The van der Waals surface area contributed by atoms with Gasteiger partial charge in [-0.15, -0.1) is 5.10 Å². The van der Waals surface area contributed by atoms with Crippen LogP contribution in [0, 0.1) is 12.8 Å². The Labute approximate surface area is 121 Å². The number of benzene rings is 1. The highest BCUT2D eigenvalue weighted by atomic mass is 16.3. The summed E-state index contributed by atoms with van der Waals surface area (Å²) in [5.74, 6) is 0.678. The van der Waals surface area contributed by atoms with Crippen molar-refractivity contribution in [2.45, 2.75) is 47.1 Å². The van der Waals surface area contributed by atoms with Crippen LogP contribution in [0.2, 0.25) is 0 Å². The first kappa shape index (κ1) is 14.6. The third-order valence-corrected chi connectivity index (χ3v) is 3.47. The second kappa shape index (κ2) is 6.12. The van der Waals surface area contributed by atoms with Crippen molar-refractivity contribution in [3.8, 4) is 17.1 Å². The van der Waals surface area contributed by atoms with E-state index >= 15 is 0 Å². The van der Waals surface area contributed by atoms with Crippen LogP contribution in [0.25, 0.3) is 11.3 Å². The quantitative estimate of drug-likeness (QED) is 0.887.